The maximum atomic E-state index is 5.37. The van der Waals surface area contributed by atoms with Crippen LogP contribution in [0.2, 0.25) is 0 Å². The highest BCUT2D eigenvalue weighted by Crippen LogP contribution is 2.24. The van der Waals surface area contributed by atoms with Gasteiger partial charge in [0, 0.05) is 24.4 Å². The molecule has 0 aliphatic carbocycles. The van der Waals surface area contributed by atoms with Crippen molar-refractivity contribution in [1.82, 2.24) is 4.98 Å². The number of benzene rings is 1. The summed E-state index contributed by atoms with van der Waals surface area (Å²) >= 11 is 1.62. The lowest BCUT2D eigenvalue weighted by atomic mass is 10.1. The van der Waals surface area contributed by atoms with Gasteiger partial charge < -0.3 is 10.1 Å². The third kappa shape index (κ3) is 2.77. The van der Waals surface area contributed by atoms with Crippen LogP contribution in [0, 0.1) is 6.92 Å². The number of rotatable bonds is 4. The molecule has 90 valence electrons. The maximum absolute atomic E-state index is 5.37. The minimum atomic E-state index is 0.809. The van der Waals surface area contributed by atoms with Crippen LogP contribution in [0.1, 0.15) is 16.8 Å². The van der Waals surface area contributed by atoms with E-state index in [0.717, 1.165) is 23.0 Å². The molecular formula is C13H16N2OS. The number of nitrogens with zero attached hydrogens (tertiary/aromatic N) is 1. The van der Waals surface area contributed by atoms with Crippen molar-refractivity contribution in [3.63, 3.8) is 0 Å². The molecule has 0 aliphatic heterocycles. The minimum absolute atomic E-state index is 0.809. The lowest BCUT2D eigenvalue weighted by Gasteiger charge is -2.08. The van der Waals surface area contributed by atoms with Crippen LogP contribution in [0.5, 0.6) is 5.75 Å². The quantitative estimate of drug-likeness (QED) is 0.902. The lowest BCUT2D eigenvalue weighted by Crippen LogP contribution is -1.95. The number of methoxy groups -OCH3 is 1. The average Bonchev–Trinajstić information content (AvgIpc) is 2.77. The lowest BCUT2D eigenvalue weighted by molar-refractivity contribution is 0.410. The van der Waals surface area contributed by atoms with Crippen molar-refractivity contribution in [2.45, 2.75) is 13.3 Å². The maximum Gasteiger partial charge on any atom is 0.182 e. The molecule has 1 N–H and O–H groups in total. The molecule has 3 nitrogen and oxygen atoms in total. The van der Waals surface area contributed by atoms with Crippen molar-refractivity contribution in [3.05, 3.63) is 40.4 Å². The fourth-order valence-corrected chi connectivity index (χ4v) is 2.42. The van der Waals surface area contributed by atoms with Gasteiger partial charge in [0.2, 0.25) is 0 Å². The normalized spacial score (nSPS) is 10.3. The van der Waals surface area contributed by atoms with Crippen LogP contribution in [0.25, 0.3) is 0 Å². The molecule has 17 heavy (non-hydrogen) atoms. The molecule has 0 spiro atoms. The van der Waals surface area contributed by atoms with Gasteiger partial charge in [-0.2, -0.15) is 0 Å². The fourth-order valence-electron chi connectivity index (χ4n) is 1.74. The molecule has 0 saturated carbocycles. The molecule has 0 saturated heterocycles. The highest BCUT2D eigenvalue weighted by Gasteiger charge is 2.07. The minimum Gasteiger partial charge on any atom is -0.496 e. The van der Waals surface area contributed by atoms with Crippen LogP contribution in [0.15, 0.2) is 23.6 Å². The van der Waals surface area contributed by atoms with E-state index in [1.54, 1.807) is 18.4 Å². The molecule has 0 unspecified atom stereocenters. The van der Waals surface area contributed by atoms with Crippen molar-refractivity contribution in [3.8, 4) is 5.75 Å². The predicted molar refractivity (Wildman–Crippen MR) is 72.2 cm³/mol. The second-order valence-corrected chi connectivity index (χ2v) is 4.74. The monoisotopic (exact) mass is 248 g/mol. The number of hydrogen-bond acceptors (Lipinski definition) is 4. The molecule has 0 radical (unpaired) electrons. The third-order valence-corrected chi connectivity index (χ3v) is 3.48. The first-order valence-corrected chi connectivity index (χ1v) is 6.36. The summed E-state index contributed by atoms with van der Waals surface area (Å²) in [5, 5.41) is 6.08. The Balaban J connectivity index is 2.25. The van der Waals surface area contributed by atoms with Crippen LogP contribution in [-0.2, 0) is 6.42 Å². The van der Waals surface area contributed by atoms with E-state index < -0.39 is 0 Å². The number of thiazole rings is 1. The van der Waals surface area contributed by atoms with Crippen molar-refractivity contribution in [2.24, 2.45) is 0 Å². The van der Waals surface area contributed by atoms with Gasteiger partial charge in [-0.3, -0.25) is 0 Å². The van der Waals surface area contributed by atoms with Crippen LogP contribution < -0.4 is 10.1 Å². The van der Waals surface area contributed by atoms with Crippen LogP contribution in [0.3, 0.4) is 0 Å². The van der Waals surface area contributed by atoms with Gasteiger partial charge in [0.05, 0.1) is 12.8 Å². The Labute approximate surface area is 105 Å². The topological polar surface area (TPSA) is 34.2 Å². The molecule has 1 aromatic heterocycles. The molecular weight excluding hydrogens is 232 g/mol. The summed E-state index contributed by atoms with van der Waals surface area (Å²) in [7, 11) is 3.59. The van der Waals surface area contributed by atoms with E-state index in [9.17, 15) is 0 Å². The molecule has 0 bridgehead atoms. The van der Waals surface area contributed by atoms with Gasteiger partial charge in [0.15, 0.2) is 5.13 Å². The number of anilines is 1. The van der Waals surface area contributed by atoms with E-state index in [-0.39, 0.29) is 0 Å². The Bertz CT molecular complexity index is 508. The molecule has 1 heterocycles. The molecule has 0 aliphatic rings. The fraction of sp³-hybridized carbons (Fsp3) is 0.308. The summed E-state index contributed by atoms with van der Waals surface area (Å²) in [4.78, 5) is 4.48. The van der Waals surface area contributed by atoms with Crippen LogP contribution >= 0.6 is 11.3 Å². The van der Waals surface area contributed by atoms with Crippen molar-refractivity contribution < 1.29 is 4.74 Å². The smallest absolute Gasteiger partial charge is 0.182 e. The Kier molecular flexibility index (Phi) is 3.64. The largest absolute Gasteiger partial charge is 0.496 e. The number of aromatic nitrogens is 1. The van der Waals surface area contributed by atoms with Crippen LogP contribution in [-0.4, -0.2) is 19.1 Å². The van der Waals surface area contributed by atoms with Gasteiger partial charge in [-0.1, -0.05) is 17.7 Å². The zero-order valence-electron chi connectivity index (χ0n) is 10.3. The Hall–Kier alpha value is -1.55. The average molecular weight is 248 g/mol. The first-order valence-electron chi connectivity index (χ1n) is 5.48. The molecule has 1 aromatic carbocycles. The first-order chi connectivity index (χ1) is 8.22. The summed E-state index contributed by atoms with van der Waals surface area (Å²) in [6.45, 7) is 2.09. The summed E-state index contributed by atoms with van der Waals surface area (Å²) in [5.74, 6) is 0.926. The van der Waals surface area contributed by atoms with E-state index in [0.29, 0.717) is 0 Å². The standard InChI is InChI=1S/C13H16N2OS/c1-9-4-5-12(16-3)10(6-9)7-11-8-17-13(14-2)15-11/h4-6,8H,7H2,1-3H3,(H,14,15). The summed E-state index contributed by atoms with van der Waals surface area (Å²) in [5.41, 5.74) is 3.49. The Morgan fingerprint density at radius 2 is 2.24 bits per heavy atom. The van der Waals surface area contributed by atoms with Crippen molar-refractivity contribution in [2.75, 3.05) is 19.5 Å². The van der Waals surface area contributed by atoms with E-state index in [2.05, 4.69) is 34.7 Å². The summed E-state index contributed by atoms with van der Waals surface area (Å²) < 4.78 is 5.37. The second-order valence-electron chi connectivity index (χ2n) is 3.89. The molecule has 2 aromatic rings. The van der Waals surface area contributed by atoms with Crippen molar-refractivity contribution in [1.29, 1.82) is 0 Å². The first kappa shape index (κ1) is 11.9. The van der Waals surface area contributed by atoms with Gasteiger partial charge in [-0.15, -0.1) is 11.3 Å². The van der Waals surface area contributed by atoms with Gasteiger partial charge in [0.25, 0.3) is 0 Å². The van der Waals surface area contributed by atoms with E-state index in [4.69, 9.17) is 4.74 Å². The number of ether oxygens (including phenoxy) is 1. The zero-order chi connectivity index (χ0) is 12.3. The molecule has 2 rings (SSSR count). The van der Waals surface area contributed by atoms with Crippen LogP contribution in [0.4, 0.5) is 5.13 Å². The number of hydrogen-bond donors (Lipinski definition) is 1. The highest BCUT2D eigenvalue weighted by atomic mass is 32.1. The number of nitrogens with one attached hydrogen (secondary N) is 1. The second kappa shape index (κ2) is 5.19. The SMILES string of the molecule is CNc1nc(Cc2cc(C)ccc2OC)cs1. The molecule has 0 fully saturated rings. The summed E-state index contributed by atoms with van der Waals surface area (Å²) in [6.07, 6.45) is 0.809. The van der Waals surface area contributed by atoms with E-state index >= 15 is 0 Å². The zero-order valence-corrected chi connectivity index (χ0v) is 11.1. The van der Waals surface area contributed by atoms with E-state index in [1.807, 2.05) is 13.1 Å². The van der Waals surface area contributed by atoms with Crippen molar-refractivity contribution >= 4 is 16.5 Å². The molecule has 4 heteroatoms. The Morgan fingerprint density at radius 1 is 1.41 bits per heavy atom. The summed E-state index contributed by atoms with van der Waals surface area (Å²) in [6, 6.07) is 6.22. The molecule has 0 atom stereocenters. The molecule has 0 amide bonds. The van der Waals surface area contributed by atoms with Gasteiger partial charge in [-0.25, -0.2) is 4.98 Å². The highest BCUT2D eigenvalue weighted by molar-refractivity contribution is 7.13. The number of aryl methyl sites for hydroxylation is 1. The van der Waals surface area contributed by atoms with Gasteiger partial charge in [0.1, 0.15) is 5.75 Å². The predicted octanol–water partition coefficient (Wildman–Crippen LogP) is 3.09. The van der Waals surface area contributed by atoms with Gasteiger partial charge >= 0.3 is 0 Å². The van der Waals surface area contributed by atoms with Gasteiger partial charge in [-0.05, 0) is 13.0 Å². The Morgan fingerprint density at radius 3 is 2.88 bits per heavy atom. The third-order valence-electron chi connectivity index (χ3n) is 2.57. The van der Waals surface area contributed by atoms with E-state index in [1.165, 1.54) is 11.1 Å².